The molecule has 0 spiro atoms. The Balaban J connectivity index is 1.61. The van der Waals surface area contributed by atoms with Crippen molar-refractivity contribution in [2.75, 3.05) is 19.7 Å². The van der Waals surface area contributed by atoms with Crippen LogP contribution in [0.4, 0.5) is 0 Å². The first-order chi connectivity index (χ1) is 10.6. The van der Waals surface area contributed by atoms with Gasteiger partial charge in [-0.05, 0) is 32.1 Å². The zero-order valence-electron chi connectivity index (χ0n) is 13.1. The maximum Gasteiger partial charge on any atom is 0.228 e. The Bertz CT molecular complexity index is 528. The van der Waals surface area contributed by atoms with Crippen molar-refractivity contribution in [2.45, 2.75) is 38.8 Å². The van der Waals surface area contributed by atoms with Gasteiger partial charge in [0.05, 0.1) is 12.0 Å². The number of carbonyl (C=O) groups excluding carboxylic acids is 1. The zero-order chi connectivity index (χ0) is 15.5. The van der Waals surface area contributed by atoms with Gasteiger partial charge in [0.25, 0.3) is 0 Å². The molecule has 0 aromatic carbocycles. The number of rotatable bonds is 4. The Kier molecular flexibility index (Phi) is 4.57. The first-order valence-corrected chi connectivity index (χ1v) is 8.03. The van der Waals surface area contributed by atoms with Crippen LogP contribution in [0.3, 0.4) is 0 Å². The lowest BCUT2D eigenvalue weighted by Crippen LogP contribution is -2.45. The van der Waals surface area contributed by atoms with E-state index in [1.54, 1.807) is 12.7 Å². The van der Waals surface area contributed by atoms with Gasteiger partial charge in [-0.1, -0.05) is 12.2 Å². The highest BCUT2D eigenvalue weighted by molar-refractivity contribution is 5.80. The molecule has 2 aliphatic heterocycles. The second kappa shape index (κ2) is 6.60. The predicted octanol–water partition coefficient (Wildman–Crippen LogP) is 1.50. The van der Waals surface area contributed by atoms with E-state index in [4.69, 9.17) is 4.74 Å². The molecular weight excluding hydrogens is 280 g/mol. The van der Waals surface area contributed by atoms with Crippen molar-refractivity contribution >= 4 is 5.91 Å². The summed E-state index contributed by atoms with van der Waals surface area (Å²) in [5.41, 5.74) is 0.951. The van der Waals surface area contributed by atoms with Gasteiger partial charge in [0, 0.05) is 26.2 Å². The van der Waals surface area contributed by atoms with Crippen molar-refractivity contribution in [1.82, 2.24) is 19.7 Å². The van der Waals surface area contributed by atoms with Crippen LogP contribution >= 0.6 is 0 Å². The molecule has 0 N–H and O–H groups in total. The third-order valence-electron chi connectivity index (χ3n) is 4.64. The first-order valence-electron chi connectivity index (χ1n) is 8.03. The van der Waals surface area contributed by atoms with Crippen molar-refractivity contribution in [2.24, 2.45) is 11.8 Å². The van der Waals surface area contributed by atoms with Crippen LogP contribution in [0.25, 0.3) is 0 Å². The Morgan fingerprint density at radius 1 is 1.45 bits per heavy atom. The molecule has 6 nitrogen and oxygen atoms in total. The summed E-state index contributed by atoms with van der Waals surface area (Å²) >= 11 is 0. The fraction of sp³-hybridized carbons (Fsp3) is 0.688. The molecule has 1 aromatic rings. The summed E-state index contributed by atoms with van der Waals surface area (Å²) in [5.74, 6) is 0.626. The molecule has 2 aliphatic rings. The quantitative estimate of drug-likeness (QED) is 0.791. The summed E-state index contributed by atoms with van der Waals surface area (Å²) in [4.78, 5) is 18.8. The molecule has 3 rings (SSSR count). The number of aromatic nitrogens is 3. The van der Waals surface area contributed by atoms with Gasteiger partial charge in [0.1, 0.15) is 12.7 Å². The minimum Gasteiger partial charge on any atom is -0.373 e. The number of hydrogen-bond donors (Lipinski definition) is 0. The smallest absolute Gasteiger partial charge is 0.228 e. The second-order valence-corrected chi connectivity index (χ2v) is 6.44. The van der Waals surface area contributed by atoms with Crippen molar-refractivity contribution < 1.29 is 9.53 Å². The highest BCUT2D eigenvalue weighted by atomic mass is 16.5. The van der Waals surface area contributed by atoms with Crippen LogP contribution in [0.1, 0.15) is 26.2 Å². The molecule has 3 atom stereocenters. The van der Waals surface area contributed by atoms with E-state index in [2.05, 4.69) is 16.7 Å². The van der Waals surface area contributed by atoms with Crippen LogP contribution in [0.5, 0.6) is 0 Å². The standard InChI is InChI=1S/C16H24N4O2/c1-12(2)15-14(5-7-22-15)16(21)19-6-3-4-13(8-19)9-20-11-17-10-18-20/h10-11,13-15H,1,3-9H2,2H3/t13-,14-,15-/m1/s1. The van der Waals surface area contributed by atoms with Crippen LogP contribution in [-0.2, 0) is 16.1 Å². The van der Waals surface area contributed by atoms with Gasteiger partial charge in [0.15, 0.2) is 0 Å². The highest BCUT2D eigenvalue weighted by Gasteiger charge is 2.38. The highest BCUT2D eigenvalue weighted by Crippen LogP contribution is 2.29. The number of hydrogen-bond acceptors (Lipinski definition) is 4. The summed E-state index contributed by atoms with van der Waals surface area (Å²) in [6.45, 7) is 9.05. The molecule has 1 amide bonds. The predicted molar refractivity (Wildman–Crippen MR) is 82.0 cm³/mol. The Labute approximate surface area is 131 Å². The molecule has 0 unspecified atom stereocenters. The molecule has 2 fully saturated rings. The van der Waals surface area contributed by atoms with Crippen LogP contribution in [0.2, 0.25) is 0 Å². The average molecular weight is 304 g/mol. The number of amides is 1. The number of piperidine rings is 1. The molecule has 0 saturated carbocycles. The molecule has 120 valence electrons. The van der Waals surface area contributed by atoms with Gasteiger partial charge >= 0.3 is 0 Å². The van der Waals surface area contributed by atoms with Crippen molar-refractivity contribution in [3.63, 3.8) is 0 Å². The van der Waals surface area contributed by atoms with Crippen LogP contribution in [0.15, 0.2) is 24.8 Å². The fourth-order valence-corrected chi connectivity index (χ4v) is 3.57. The maximum absolute atomic E-state index is 12.8. The van der Waals surface area contributed by atoms with Gasteiger partial charge in [-0.15, -0.1) is 0 Å². The van der Waals surface area contributed by atoms with E-state index in [0.29, 0.717) is 12.5 Å². The van der Waals surface area contributed by atoms with Gasteiger partial charge in [0.2, 0.25) is 5.91 Å². The van der Waals surface area contributed by atoms with E-state index in [1.165, 1.54) is 0 Å². The fourth-order valence-electron chi connectivity index (χ4n) is 3.57. The normalized spacial score (nSPS) is 28.8. The lowest BCUT2D eigenvalue weighted by molar-refractivity contribution is -0.138. The first kappa shape index (κ1) is 15.2. The maximum atomic E-state index is 12.8. The second-order valence-electron chi connectivity index (χ2n) is 6.44. The lowest BCUT2D eigenvalue weighted by atomic mass is 9.92. The summed E-state index contributed by atoms with van der Waals surface area (Å²) in [6.07, 6.45) is 6.18. The van der Waals surface area contributed by atoms with Gasteiger partial charge in [-0.3, -0.25) is 9.48 Å². The van der Waals surface area contributed by atoms with Gasteiger partial charge < -0.3 is 9.64 Å². The lowest BCUT2D eigenvalue weighted by Gasteiger charge is -2.35. The number of carbonyl (C=O) groups is 1. The van der Waals surface area contributed by atoms with Crippen molar-refractivity contribution in [3.8, 4) is 0 Å². The third-order valence-corrected chi connectivity index (χ3v) is 4.64. The van der Waals surface area contributed by atoms with Gasteiger partial charge in [-0.25, -0.2) is 4.98 Å². The molecule has 0 bridgehead atoms. The van der Waals surface area contributed by atoms with Gasteiger partial charge in [-0.2, -0.15) is 5.10 Å². The van der Waals surface area contributed by atoms with Crippen molar-refractivity contribution in [3.05, 3.63) is 24.8 Å². The minimum atomic E-state index is -0.108. The number of ether oxygens (including phenoxy) is 1. The van der Waals surface area contributed by atoms with E-state index < -0.39 is 0 Å². The number of nitrogens with zero attached hydrogens (tertiary/aromatic N) is 4. The Morgan fingerprint density at radius 3 is 3.05 bits per heavy atom. The Hall–Kier alpha value is -1.69. The largest absolute Gasteiger partial charge is 0.373 e. The summed E-state index contributed by atoms with van der Waals surface area (Å²) in [7, 11) is 0. The van der Waals surface area contributed by atoms with E-state index in [-0.39, 0.29) is 17.9 Å². The Morgan fingerprint density at radius 2 is 2.32 bits per heavy atom. The van der Waals surface area contributed by atoms with Crippen LogP contribution in [0, 0.1) is 11.8 Å². The molecule has 0 radical (unpaired) electrons. The van der Waals surface area contributed by atoms with E-state index in [1.807, 2.05) is 16.5 Å². The topological polar surface area (TPSA) is 60.2 Å². The minimum absolute atomic E-state index is 0.0531. The zero-order valence-corrected chi connectivity index (χ0v) is 13.1. The SMILES string of the molecule is C=C(C)[C@H]1OCC[C@H]1C(=O)N1CCC[C@@H](Cn2cncn2)C1. The van der Waals surface area contributed by atoms with E-state index in [0.717, 1.165) is 44.5 Å². The van der Waals surface area contributed by atoms with E-state index in [9.17, 15) is 4.79 Å². The number of likely N-dealkylation sites (tertiary alicyclic amines) is 1. The molecule has 6 heteroatoms. The summed E-state index contributed by atoms with van der Waals surface area (Å²) in [6, 6.07) is 0. The van der Waals surface area contributed by atoms with Crippen LogP contribution in [-0.4, -0.2) is 51.4 Å². The summed E-state index contributed by atoms with van der Waals surface area (Å²) < 4.78 is 7.54. The third kappa shape index (κ3) is 3.21. The van der Waals surface area contributed by atoms with Crippen molar-refractivity contribution in [1.29, 1.82) is 0 Å². The molecular formula is C16H24N4O2. The monoisotopic (exact) mass is 304 g/mol. The molecule has 22 heavy (non-hydrogen) atoms. The van der Waals surface area contributed by atoms with Crippen LogP contribution < -0.4 is 0 Å². The average Bonchev–Trinajstić information content (AvgIpc) is 3.17. The molecule has 3 heterocycles. The molecule has 1 aromatic heterocycles. The molecule has 2 saturated heterocycles. The van der Waals surface area contributed by atoms with E-state index >= 15 is 0 Å². The summed E-state index contributed by atoms with van der Waals surface area (Å²) in [5, 5.41) is 4.16. The molecule has 0 aliphatic carbocycles.